The summed E-state index contributed by atoms with van der Waals surface area (Å²) in [5, 5.41) is 13.8. The second-order valence-electron chi connectivity index (χ2n) is 3.62. The predicted molar refractivity (Wildman–Crippen MR) is 59.7 cm³/mol. The molecule has 0 aliphatic rings. The van der Waals surface area contributed by atoms with Gasteiger partial charge in [-0.2, -0.15) is 0 Å². The van der Waals surface area contributed by atoms with Crippen LogP contribution in [0.15, 0.2) is 24.3 Å². The van der Waals surface area contributed by atoms with E-state index < -0.39 is 0 Å². The first-order chi connectivity index (χ1) is 7.13. The van der Waals surface area contributed by atoms with Crippen molar-refractivity contribution in [1.82, 2.24) is 5.32 Å². The average molecular weight is 208 g/mol. The Hall–Kier alpha value is -1.42. The van der Waals surface area contributed by atoms with Crippen LogP contribution < -0.4 is 5.32 Å². The van der Waals surface area contributed by atoms with Gasteiger partial charge in [-0.05, 0) is 18.9 Å². The van der Waals surface area contributed by atoms with Crippen LogP contribution in [0.2, 0.25) is 0 Å². The Kier molecular flexibility index (Phi) is 4.24. The second kappa shape index (κ2) is 5.46. The first kappa shape index (κ1) is 11.7. The Morgan fingerprint density at radius 1 is 1.53 bits per heavy atom. The van der Waals surface area contributed by atoms with Crippen molar-refractivity contribution in [1.29, 1.82) is 0 Å². The van der Waals surface area contributed by atoms with Crippen LogP contribution in [0, 0.1) is 10.1 Å². The minimum Gasteiger partial charge on any atom is -0.310 e. The van der Waals surface area contributed by atoms with E-state index in [4.69, 9.17) is 0 Å². The number of rotatable bonds is 5. The van der Waals surface area contributed by atoms with Gasteiger partial charge in [-0.15, -0.1) is 0 Å². The zero-order valence-electron chi connectivity index (χ0n) is 9.06. The van der Waals surface area contributed by atoms with Gasteiger partial charge in [0.25, 0.3) is 5.69 Å². The van der Waals surface area contributed by atoms with Crippen LogP contribution >= 0.6 is 0 Å². The highest BCUT2D eigenvalue weighted by molar-refractivity contribution is 5.34. The lowest BCUT2D eigenvalue weighted by molar-refractivity contribution is -0.384. The van der Waals surface area contributed by atoms with E-state index in [2.05, 4.69) is 19.2 Å². The fraction of sp³-hybridized carbons (Fsp3) is 0.455. The summed E-state index contributed by atoms with van der Waals surface area (Å²) < 4.78 is 0. The van der Waals surface area contributed by atoms with Crippen LogP contribution in [0.3, 0.4) is 0 Å². The smallest absolute Gasteiger partial charge is 0.269 e. The Balaban J connectivity index is 2.62. The van der Waals surface area contributed by atoms with E-state index in [-0.39, 0.29) is 10.6 Å². The lowest BCUT2D eigenvalue weighted by Crippen LogP contribution is -2.24. The van der Waals surface area contributed by atoms with Crippen LogP contribution in [0.5, 0.6) is 0 Å². The summed E-state index contributed by atoms with van der Waals surface area (Å²) in [5.74, 6) is 0. The molecule has 82 valence electrons. The predicted octanol–water partition coefficient (Wildman–Crippen LogP) is 2.48. The number of hydrogen-bond acceptors (Lipinski definition) is 3. The Bertz CT molecular complexity index is 339. The molecule has 0 aromatic heterocycles. The number of non-ortho nitro benzene ring substituents is 1. The van der Waals surface area contributed by atoms with E-state index in [0.29, 0.717) is 12.6 Å². The fourth-order valence-corrected chi connectivity index (χ4v) is 1.22. The Labute approximate surface area is 89.5 Å². The molecule has 1 N–H and O–H groups in total. The second-order valence-corrected chi connectivity index (χ2v) is 3.62. The molecule has 1 atom stereocenters. The summed E-state index contributed by atoms with van der Waals surface area (Å²) in [5.41, 5.74) is 1.10. The number of nitro groups is 1. The highest BCUT2D eigenvalue weighted by Crippen LogP contribution is 2.12. The zero-order chi connectivity index (χ0) is 11.3. The van der Waals surface area contributed by atoms with Crippen LogP contribution in [-0.2, 0) is 6.54 Å². The van der Waals surface area contributed by atoms with E-state index in [1.54, 1.807) is 12.1 Å². The van der Waals surface area contributed by atoms with Gasteiger partial charge in [0.2, 0.25) is 0 Å². The molecule has 0 radical (unpaired) electrons. The monoisotopic (exact) mass is 208 g/mol. The number of hydrogen-bond donors (Lipinski definition) is 1. The summed E-state index contributed by atoms with van der Waals surface area (Å²) >= 11 is 0. The van der Waals surface area contributed by atoms with E-state index in [1.807, 2.05) is 6.07 Å². The average Bonchev–Trinajstić information content (AvgIpc) is 2.26. The maximum Gasteiger partial charge on any atom is 0.269 e. The summed E-state index contributed by atoms with van der Waals surface area (Å²) in [4.78, 5) is 10.2. The van der Waals surface area contributed by atoms with Gasteiger partial charge in [0, 0.05) is 24.7 Å². The van der Waals surface area contributed by atoms with E-state index in [0.717, 1.165) is 12.0 Å². The SMILES string of the molecule is CC[C@H](C)NCc1cccc([N+](=O)[O-])c1. The molecule has 0 aliphatic carbocycles. The molecule has 0 heterocycles. The van der Waals surface area contributed by atoms with Gasteiger partial charge in [0.05, 0.1) is 4.92 Å². The molecule has 15 heavy (non-hydrogen) atoms. The number of nitro benzene ring substituents is 1. The van der Waals surface area contributed by atoms with Gasteiger partial charge in [0.1, 0.15) is 0 Å². The minimum atomic E-state index is -0.368. The van der Waals surface area contributed by atoms with Crippen molar-refractivity contribution in [2.75, 3.05) is 0 Å². The van der Waals surface area contributed by atoms with Crippen molar-refractivity contribution in [3.63, 3.8) is 0 Å². The van der Waals surface area contributed by atoms with Gasteiger partial charge in [0.15, 0.2) is 0 Å². The van der Waals surface area contributed by atoms with Crippen molar-refractivity contribution in [3.05, 3.63) is 39.9 Å². The molecule has 0 aliphatic heterocycles. The van der Waals surface area contributed by atoms with Gasteiger partial charge >= 0.3 is 0 Å². The summed E-state index contributed by atoms with van der Waals surface area (Å²) in [6, 6.07) is 7.15. The molecule has 0 bridgehead atoms. The van der Waals surface area contributed by atoms with Gasteiger partial charge in [-0.25, -0.2) is 0 Å². The number of nitrogens with one attached hydrogen (secondary N) is 1. The number of nitrogens with zero attached hydrogens (tertiary/aromatic N) is 1. The van der Waals surface area contributed by atoms with E-state index >= 15 is 0 Å². The van der Waals surface area contributed by atoms with Crippen LogP contribution in [0.4, 0.5) is 5.69 Å². The van der Waals surface area contributed by atoms with E-state index in [1.165, 1.54) is 6.07 Å². The largest absolute Gasteiger partial charge is 0.310 e. The molecule has 0 saturated carbocycles. The van der Waals surface area contributed by atoms with Crippen molar-refractivity contribution >= 4 is 5.69 Å². The molecule has 0 saturated heterocycles. The van der Waals surface area contributed by atoms with Crippen LogP contribution in [0.25, 0.3) is 0 Å². The quantitative estimate of drug-likeness (QED) is 0.597. The molecule has 1 rings (SSSR count). The normalized spacial score (nSPS) is 12.4. The van der Waals surface area contributed by atoms with Gasteiger partial charge < -0.3 is 5.32 Å². The molecule has 4 nitrogen and oxygen atoms in total. The summed E-state index contributed by atoms with van der Waals surface area (Å²) in [7, 11) is 0. The van der Waals surface area contributed by atoms with Crippen molar-refractivity contribution in [3.8, 4) is 0 Å². The van der Waals surface area contributed by atoms with Crippen molar-refractivity contribution < 1.29 is 4.92 Å². The highest BCUT2D eigenvalue weighted by Gasteiger charge is 2.05. The molecule has 0 amide bonds. The Morgan fingerprint density at radius 3 is 2.87 bits per heavy atom. The Morgan fingerprint density at radius 2 is 2.27 bits per heavy atom. The van der Waals surface area contributed by atoms with E-state index in [9.17, 15) is 10.1 Å². The molecule has 4 heteroatoms. The first-order valence-corrected chi connectivity index (χ1v) is 5.10. The lowest BCUT2D eigenvalue weighted by atomic mass is 10.2. The van der Waals surface area contributed by atoms with Crippen LogP contribution in [0.1, 0.15) is 25.8 Å². The maximum atomic E-state index is 10.5. The fourth-order valence-electron chi connectivity index (χ4n) is 1.22. The molecular weight excluding hydrogens is 192 g/mol. The topological polar surface area (TPSA) is 55.2 Å². The molecular formula is C11H16N2O2. The molecule has 0 spiro atoms. The third kappa shape index (κ3) is 3.67. The number of benzene rings is 1. The summed E-state index contributed by atoms with van der Waals surface area (Å²) in [6.07, 6.45) is 1.05. The molecule has 1 aromatic rings. The molecule has 1 aromatic carbocycles. The van der Waals surface area contributed by atoms with Crippen LogP contribution in [-0.4, -0.2) is 11.0 Å². The first-order valence-electron chi connectivity index (χ1n) is 5.10. The van der Waals surface area contributed by atoms with Crippen molar-refractivity contribution in [2.24, 2.45) is 0 Å². The molecule has 0 unspecified atom stereocenters. The minimum absolute atomic E-state index is 0.151. The van der Waals surface area contributed by atoms with Crippen molar-refractivity contribution in [2.45, 2.75) is 32.9 Å². The standard InChI is InChI=1S/C11H16N2O2/c1-3-9(2)12-8-10-5-4-6-11(7-10)13(14)15/h4-7,9,12H,3,8H2,1-2H3/t9-/m0/s1. The van der Waals surface area contributed by atoms with Gasteiger partial charge in [-0.1, -0.05) is 19.1 Å². The summed E-state index contributed by atoms with van der Waals surface area (Å²) in [6.45, 7) is 4.87. The zero-order valence-corrected chi connectivity index (χ0v) is 9.06. The van der Waals surface area contributed by atoms with Gasteiger partial charge in [-0.3, -0.25) is 10.1 Å². The lowest BCUT2D eigenvalue weighted by Gasteiger charge is -2.10. The maximum absolute atomic E-state index is 10.5. The molecule has 0 fully saturated rings. The highest BCUT2D eigenvalue weighted by atomic mass is 16.6. The third-order valence-corrected chi connectivity index (χ3v) is 2.39. The third-order valence-electron chi connectivity index (χ3n) is 2.39.